The van der Waals surface area contributed by atoms with Crippen molar-refractivity contribution < 1.29 is 0 Å². The van der Waals surface area contributed by atoms with Crippen LogP contribution in [0.2, 0.25) is 0 Å². The van der Waals surface area contributed by atoms with Crippen LogP contribution in [0.1, 0.15) is 0 Å². The van der Waals surface area contributed by atoms with Gasteiger partial charge in [-0.1, -0.05) is 11.6 Å². The molecule has 0 aliphatic heterocycles. The molecule has 0 unspecified atom stereocenters. The molecule has 0 spiro atoms. The van der Waals surface area contributed by atoms with Crippen LogP contribution in [-0.2, 0) is 0 Å². The lowest BCUT2D eigenvalue weighted by atomic mass is 10.6. The van der Waals surface area contributed by atoms with E-state index in [4.69, 9.17) is 17.3 Å². The van der Waals surface area contributed by atoms with E-state index in [0.717, 1.165) is 0 Å². The van der Waals surface area contributed by atoms with Gasteiger partial charge in [-0.05, 0) is 0 Å². The van der Waals surface area contributed by atoms with Crippen molar-refractivity contribution in [2.24, 2.45) is 10.7 Å². The lowest BCUT2D eigenvalue weighted by Crippen LogP contribution is -1.81. The first-order chi connectivity index (χ1) is 3.31. The number of hydrogen-bond acceptors (Lipinski definition) is 2. The molecule has 2 nitrogen and oxygen atoms in total. The molecule has 3 heteroatoms. The SMILES string of the molecule is CN=C/C(Cl)=C\N. The second kappa shape index (κ2) is 3.68. The zero-order valence-electron chi connectivity index (χ0n) is 4.06. The molecule has 0 bridgehead atoms. The summed E-state index contributed by atoms with van der Waals surface area (Å²) in [6, 6.07) is 0. The predicted octanol–water partition coefficient (Wildman–Crippen LogP) is 0.726. The van der Waals surface area contributed by atoms with Crippen LogP contribution in [0.25, 0.3) is 0 Å². The Hall–Kier alpha value is -0.500. The third-order valence-electron chi connectivity index (χ3n) is 0.412. The topological polar surface area (TPSA) is 38.4 Å². The fourth-order valence-corrected chi connectivity index (χ4v) is 0.264. The third kappa shape index (κ3) is 3.33. The zero-order valence-corrected chi connectivity index (χ0v) is 4.81. The summed E-state index contributed by atoms with van der Waals surface area (Å²) in [5.74, 6) is 0. The molecule has 0 fully saturated rings. The highest BCUT2D eigenvalue weighted by molar-refractivity contribution is 6.39. The molecule has 0 aromatic carbocycles. The number of aliphatic imine (C=N–C) groups is 1. The Labute approximate surface area is 47.7 Å². The summed E-state index contributed by atoms with van der Waals surface area (Å²) in [5, 5.41) is 0.461. The summed E-state index contributed by atoms with van der Waals surface area (Å²) in [6.45, 7) is 0. The zero-order chi connectivity index (χ0) is 5.70. The van der Waals surface area contributed by atoms with Crippen LogP contribution < -0.4 is 5.73 Å². The minimum atomic E-state index is 0.461. The monoisotopic (exact) mass is 118 g/mol. The Morgan fingerprint density at radius 2 is 2.43 bits per heavy atom. The molecule has 40 valence electrons. The molecule has 2 N–H and O–H groups in total. The van der Waals surface area contributed by atoms with Gasteiger partial charge in [-0.3, -0.25) is 4.99 Å². The normalized spacial score (nSPS) is 13.1. The maximum absolute atomic E-state index is 5.35. The Morgan fingerprint density at radius 1 is 1.86 bits per heavy atom. The Morgan fingerprint density at radius 3 is 2.57 bits per heavy atom. The molecule has 0 aliphatic carbocycles. The van der Waals surface area contributed by atoms with E-state index < -0.39 is 0 Å². The summed E-state index contributed by atoms with van der Waals surface area (Å²) < 4.78 is 0. The molecule has 0 aliphatic rings. The summed E-state index contributed by atoms with van der Waals surface area (Å²) in [7, 11) is 1.63. The van der Waals surface area contributed by atoms with E-state index in [2.05, 4.69) is 4.99 Å². The number of allylic oxidation sites excluding steroid dienone is 1. The third-order valence-corrected chi connectivity index (χ3v) is 0.635. The second-order valence-electron chi connectivity index (χ2n) is 0.939. The molecule has 7 heavy (non-hydrogen) atoms. The molecular formula is C4H7ClN2. The predicted molar refractivity (Wildman–Crippen MR) is 32.5 cm³/mol. The van der Waals surface area contributed by atoms with E-state index in [1.807, 2.05) is 0 Å². The van der Waals surface area contributed by atoms with Crippen LogP contribution in [0.15, 0.2) is 16.2 Å². The van der Waals surface area contributed by atoms with Gasteiger partial charge in [0.25, 0.3) is 0 Å². The largest absolute Gasteiger partial charge is 0.403 e. The van der Waals surface area contributed by atoms with Gasteiger partial charge >= 0.3 is 0 Å². The second-order valence-corrected chi connectivity index (χ2v) is 1.38. The molecule has 0 amide bonds. The minimum absolute atomic E-state index is 0.461. The highest BCUT2D eigenvalue weighted by Gasteiger charge is 1.75. The van der Waals surface area contributed by atoms with E-state index >= 15 is 0 Å². The molecule has 0 heterocycles. The molecule has 0 saturated heterocycles. The van der Waals surface area contributed by atoms with Crippen LogP contribution in [0.5, 0.6) is 0 Å². The Bertz CT molecular complexity index is 95.9. The lowest BCUT2D eigenvalue weighted by Gasteiger charge is -1.77. The van der Waals surface area contributed by atoms with E-state index in [1.165, 1.54) is 12.4 Å². The van der Waals surface area contributed by atoms with E-state index in [0.29, 0.717) is 5.03 Å². The summed E-state index contributed by atoms with van der Waals surface area (Å²) in [5.41, 5.74) is 4.97. The number of rotatable bonds is 1. The average molecular weight is 119 g/mol. The maximum atomic E-state index is 5.35. The number of hydrogen-bond donors (Lipinski definition) is 1. The van der Waals surface area contributed by atoms with Crippen molar-refractivity contribution in [3.8, 4) is 0 Å². The fraction of sp³-hybridized carbons (Fsp3) is 0.250. The first kappa shape index (κ1) is 6.50. The van der Waals surface area contributed by atoms with Gasteiger partial charge in [0.2, 0.25) is 0 Å². The van der Waals surface area contributed by atoms with Crippen LogP contribution in [0.4, 0.5) is 0 Å². The van der Waals surface area contributed by atoms with E-state index in [-0.39, 0.29) is 0 Å². The first-order valence-electron chi connectivity index (χ1n) is 1.81. The smallest absolute Gasteiger partial charge is 0.0738 e. The average Bonchev–Trinajstić information content (AvgIpc) is 1.68. The van der Waals surface area contributed by atoms with Gasteiger partial charge in [0.15, 0.2) is 0 Å². The van der Waals surface area contributed by atoms with Gasteiger partial charge in [-0.25, -0.2) is 0 Å². The van der Waals surface area contributed by atoms with Crippen LogP contribution in [-0.4, -0.2) is 13.3 Å². The highest BCUT2D eigenvalue weighted by Crippen LogP contribution is 1.90. The molecule has 0 aromatic rings. The van der Waals surface area contributed by atoms with Gasteiger partial charge in [0.1, 0.15) is 0 Å². The summed E-state index contributed by atoms with van der Waals surface area (Å²) in [4.78, 5) is 3.60. The molecule has 0 aromatic heterocycles. The maximum Gasteiger partial charge on any atom is 0.0738 e. The lowest BCUT2D eigenvalue weighted by molar-refractivity contribution is 1.47. The van der Waals surface area contributed by atoms with Crippen molar-refractivity contribution in [3.63, 3.8) is 0 Å². The van der Waals surface area contributed by atoms with Gasteiger partial charge in [-0.2, -0.15) is 0 Å². The molecule has 0 saturated carbocycles. The highest BCUT2D eigenvalue weighted by atomic mass is 35.5. The van der Waals surface area contributed by atoms with E-state index in [9.17, 15) is 0 Å². The molecule has 0 atom stereocenters. The van der Waals surface area contributed by atoms with E-state index in [1.54, 1.807) is 7.05 Å². The van der Waals surface area contributed by atoms with Crippen molar-refractivity contribution in [3.05, 3.63) is 11.2 Å². The van der Waals surface area contributed by atoms with Crippen molar-refractivity contribution in [2.75, 3.05) is 7.05 Å². The van der Waals surface area contributed by atoms with Crippen molar-refractivity contribution in [1.82, 2.24) is 0 Å². The van der Waals surface area contributed by atoms with Gasteiger partial charge in [0.05, 0.1) is 5.03 Å². The van der Waals surface area contributed by atoms with Crippen LogP contribution in [0, 0.1) is 0 Å². The van der Waals surface area contributed by atoms with Gasteiger partial charge in [-0.15, -0.1) is 0 Å². The van der Waals surface area contributed by atoms with Crippen LogP contribution in [0.3, 0.4) is 0 Å². The van der Waals surface area contributed by atoms with Crippen molar-refractivity contribution in [2.45, 2.75) is 0 Å². The van der Waals surface area contributed by atoms with Crippen molar-refractivity contribution >= 4 is 17.8 Å². The standard InChI is InChI=1S/C4H7ClN2/c1-7-3-4(5)2-6/h2-3H,6H2,1H3/b4-2+,7-3?. The summed E-state index contributed by atoms with van der Waals surface area (Å²) >= 11 is 5.35. The summed E-state index contributed by atoms with van der Waals surface area (Å²) in [6.07, 6.45) is 2.76. The Kier molecular flexibility index (Phi) is 3.42. The number of halogens is 1. The Balaban J connectivity index is 3.58. The van der Waals surface area contributed by atoms with Crippen molar-refractivity contribution in [1.29, 1.82) is 0 Å². The quantitative estimate of drug-likeness (QED) is 0.507. The molecule has 0 rings (SSSR count). The van der Waals surface area contributed by atoms with Gasteiger partial charge in [0, 0.05) is 19.5 Å². The molecular weight excluding hydrogens is 112 g/mol. The first-order valence-corrected chi connectivity index (χ1v) is 2.18. The fourth-order valence-electron chi connectivity index (χ4n) is 0.166. The number of nitrogens with two attached hydrogens (primary N) is 1. The van der Waals surface area contributed by atoms with Gasteiger partial charge < -0.3 is 5.73 Å². The minimum Gasteiger partial charge on any atom is -0.403 e. The van der Waals surface area contributed by atoms with Crippen LogP contribution >= 0.6 is 11.6 Å². The number of nitrogens with zero attached hydrogens (tertiary/aromatic N) is 1. The molecule has 0 radical (unpaired) electrons.